The number of anilines is 2. The highest BCUT2D eigenvalue weighted by Crippen LogP contribution is 2.30. The van der Waals surface area contributed by atoms with Crippen molar-refractivity contribution >= 4 is 11.6 Å². The molecule has 144 valence electrons. The molecule has 1 aliphatic carbocycles. The maximum atomic E-state index is 5.68. The highest BCUT2D eigenvalue weighted by molar-refractivity contribution is 5.63. The topological polar surface area (TPSA) is 68.7 Å². The van der Waals surface area contributed by atoms with Crippen LogP contribution in [0.1, 0.15) is 18.4 Å². The summed E-state index contributed by atoms with van der Waals surface area (Å²) in [7, 11) is 1.68. The third kappa shape index (κ3) is 5.08. The zero-order valence-corrected chi connectivity index (χ0v) is 15.7. The van der Waals surface area contributed by atoms with Gasteiger partial charge in [0.25, 0.3) is 0 Å². The highest BCUT2D eigenvalue weighted by Gasteiger charge is 2.22. The first-order chi connectivity index (χ1) is 13.3. The first-order valence-electron chi connectivity index (χ1n) is 9.49. The fraction of sp³-hybridized carbons (Fsp3) is 0.500. The molecular formula is C20H26N4O3. The smallest absolute Gasteiger partial charge is 0.227 e. The van der Waals surface area contributed by atoms with E-state index < -0.39 is 0 Å². The van der Waals surface area contributed by atoms with Gasteiger partial charge in [-0.2, -0.15) is 0 Å². The Hall–Kier alpha value is -2.38. The van der Waals surface area contributed by atoms with Crippen LogP contribution in [0.25, 0.3) is 0 Å². The van der Waals surface area contributed by atoms with Crippen LogP contribution >= 0.6 is 0 Å². The van der Waals surface area contributed by atoms with Crippen molar-refractivity contribution in [1.29, 1.82) is 0 Å². The summed E-state index contributed by atoms with van der Waals surface area (Å²) in [6, 6.07) is 6.17. The lowest BCUT2D eigenvalue weighted by atomic mass is 10.1. The number of nitrogens with one attached hydrogen (secondary N) is 1. The van der Waals surface area contributed by atoms with E-state index >= 15 is 0 Å². The van der Waals surface area contributed by atoms with E-state index in [4.69, 9.17) is 14.2 Å². The van der Waals surface area contributed by atoms with Gasteiger partial charge in [-0.25, -0.2) is 9.97 Å². The summed E-state index contributed by atoms with van der Waals surface area (Å²) in [6.07, 6.45) is 5.94. The average molecular weight is 370 g/mol. The van der Waals surface area contributed by atoms with Crippen molar-refractivity contribution < 1.29 is 14.2 Å². The molecule has 1 saturated heterocycles. The number of ether oxygens (including phenoxy) is 3. The van der Waals surface area contributed by atoms with Gasteiger partial charge >= 0.3 is 0 Å². The molecule has 0 bridgehead atoms. The lowest BCUT2D eigenvalue weighted by Crippen LogP contribution is -2.35. The zero-order valence-electron chi connectivity index (χ0n) is 15.7. The van der Waals surface area contributed by atoms with E-state index in [2.05, 4.69) is 32.3 Å². The van der Waals surface area contributed by atoms with Gasteiger partial charge in [-0.3, -0.25) is 4.90 Å². The fourth-order valence-corrected chi connectivity index (χ4v) is 3.03. The van der Waals surface area contributed by atoms with Crippen molar-refractivity contribution in [2.24, 2.45) is 5.92 Å². The van der Waals surface area contributed by atoms with Gasteiger partial charge in [-0.1, -0.05) is 6.07 Å². The molecule has 0 spiro atoms. The first-order valence-corrected chi connectivity index (χ1v) is 9.49. The molecule has 27 heavy (non-hydrogen) atoms. The normalized spacial score (nSPS) is 17.5. The number of hydrogen-bond donors (Lipinski definition) is 1. The van der Waals surface area contributed by atoms with E-state index in [1.54, 1.807) is 19.5 Å². The van der Waals surface area contributed by atoms with E-state index in [0.717, 1.165) is 50.9 Å². The number of aromatic nitrogens is 2. The molecule has 2 aliphatic rings. The molecule has 4 rings (SSSR count). The van der Waals surface area contributed by atoms with Crippen molar-refractivity contribution in [3.8, 4) is 11.5 Å². The molecule has 1 aliphatic heterocycles. The van der Waals surface area contributed by atoms with Gasteiger partial charge in [0.1, 0.15) is 5.75 Å². The van der Waals surface area contributed by atoms with Crippen molar-refractivity contribution in [1.82, 2.24) is 14.9 Å². The van der Waals surface area contributed by atoms with Crippen LogP contribution in [0.2, 0.25) is 0 Å². The van der Waals surface area contributed by atoms with Crippen LogP contribution in [0.5, 0.6) is 11.5 Å². The molecule has 1 aromatic carbocycles. The monoisotopic (exact) mass is 370 g/mol. The molecule has 1 aromatic heterocycles. The minimum atomic E-state index is 0.521. The largest absolute Gasteiger partial charge is 0.495 e. The van der Waals surface area contributed by atoms with Crippen LogP contribution in [-0.4, -0.2) is 54.9 Å². The Bertz CT molecular complexity index is 743. The molecular weight excluding hydrogens is 344 g/mol. The third-order valence-corrected chi connectivity index (χ3v) is 4.83. The van der Waals surface area contributed by atoms with Crippen LogP contribution in [0.4, 0.5) is 11.6 Å². The van der Waals surface area contributed by atoms with Gasteiger partial charge in [0.15, 0.2) is 5.75 Å². The standard InChI is InChI=1S/C20H26N4O3/c1-25-19-10-16(13-24-6-8-26-9-7-24)4-5-18(19)23-20-21-11-17(12-22-20)27-14-15-2-3-15/h4-5,10-12,15H,2-3,6-9,13-14H2,1H3,(H,21,22,23). The second kappa shape index (κ2) is 8.54. The first kappa shape index (κ1) is 18.0. The van der Waals surface area contributed by atoms with E-state index in [9.17, 15) is 0 Å². The summed E-state index contributed by atoms with van der Waals surface area (Å²) in [5.41, 5.74) is 2.05. The maximum Gasteiger partial charge on any atom is 0.227 e. The molecule has 2 aromatic rings. The van der Waals surface area contributed by atoms with Gasteiger partial charge in [0, 0.05) is 19.6 Å². The molecule has 2 fully saturated rings. The average Bonchev–Trinajstić information content (AvgIpc) is 3.54. The summed E-state index contributed by atoms with van der Waals surface area (Å²) in [5.74, 6) is 2.72. The van der Waals surface area contributed by atoms with Crippen LogP contribution in [0.15, 0.2) is 30.6 Å². The minimum Gasteiger partial charge on any atom is -0.495 e. The Morgan fingerprint density at radius 1 is 1.19 bits per heavy atom. The van der Waals surface area contributed by atoms with Crippen LogP contribution in [-0.2, 0) is 11.3 Å². The van der Waals surface area contributed by atoms with Crippen molar-refractivity contribution in [2.75, 3.05) is 45.3 Å². The van der Waals surface area contributed by atoms with Crippen molar-refractivity contribution in [2.45, 2.75) is 19.4 Å². The third-order valence-electron chi connectivity index (χ3n) is 4.83. The predicted octanol–water partition coefficient (Wildman–Crippen LogP) is 2.85. The summed E-state index contributed by atoms with van der Waals surface area (Å²) >= 11 is 0. The SMILES string of the molecule is COc1cc(CN2CCOCC2)ccc1Nc1ncc(OCC2CC2)cn1. The quantitative estimate of drug-likeness (QED) is 0.766. The van der Waals surface area contributed by atoms with Crippen LogP contribution < -0.4 is 14.8 Å². The molecule has 2 heterocycles. The number of benzene rings is 1. The molecule has 0 atom stereocenters. The number of methoxy groups -OCH3 is 1. The van der Waals surface area contributed by atoms with Crippen molar-refractivity contribution in [3.63, 3.8) is 0 Å². The Labute approximate surface area is 159 Å². The van der Waals surface area contributed by atoms with Gasteiger partial charge in [-0.05, 0) is 36.5 Å². The van der Waals surface area contributed by atoms with Crippen molar-refractivity contribution in [3.05, 3.63) is 36.2 Å². The number of morpholine rings is 1. The van der Waals surface area contributed by atoms with Gasteiger partial charge in [0.2, 0.25) is 5.95 Å². The summed E-state index contributed by atoms with van der Waals surface area (Å²) in [6.45, 7) is 5.18. The highest BCUT2D eigenvalue weighted by atomic mass is 16.5. The Kier molecular flexibility index (Phi) is 5.69. The number of nitrogens with zero attached hydrogens (tertiary/aromatic N) is 3. The summed E-state index contributed by atoms with van der Waals surface area (Å²) < 4.78 is 16.6. The molecule has 1 N–H and O–H groups in total. The maximum absolute atomic E-state index is 5.68. The van der Waals surface area contributed by atoms with E-state index in [-0.39, 0.29) is 0 Å². The Morgan fingerprint density at radius 2 is 1.96 bits per heavy atom. The zero-order chi connectivity index (χ0) is 18.5. The number of hydrogen-bond acceptors (Lipinski definition) is 7. The van der Waals surface area contributed by atoms with Crippen LogP contribution in [0, 0.1) is 5.92 Å². The van der Waals surface area contributed by atoms with E-state index in [1.165, 1.54) is 18.4 Å². The second-order valence-corrected chi connectivity index (χ2v) is 7.04. The summed E-state index contributed by atoms with van der Waals surface area (Å²) in [4.78, 5) is 11.1. The lowest BCUT2D eigenvalue weighted by Gasteiger charge is -2.26. The van der Waals surface area contributed by atoms with Gasteiger partial charge in [-0.15, -0.1) is 0 Å². The molecule has 7 heteroatoms. The molecule has 7 nitrogen and oxygen atoms in total. The van der Waals surface area contributed by atoms with Crippen LogP contribution in [0.3, 0.4) is 0 Å². The molecule has 0 radical (unpaired) electrons. The second-order valence-electron chi connectivity index (χ2n) is 7.04. The molecule has 1 saturated carbocycles. The Morgan fingerprint density at radius 3 is 2.67 bits per heavy atom. The minimum absolute atomic E-state index is 0.521. The molecule has 0 amide bonds. The summed E-state index contributed by atoms with van der Waals surface area (Å²) in [5, 5.41) is 3.22. The van der Waals surface area contributed by atoms with E-state index in [1.807, 2.05) is 6.07 Å². The fourth-order valence-electron chi connectivity index (χ4n) is 3.03. The van der Waals surface area contributed by atoms with Gasteiger partial charge in [0.05, 0.1) is 45.0 Å². The molecule has 0 unspecified atom stereocenters. The predicted molar refractivity (Wildman–Crippen MR) is 103 cm³/mol. The number of rotatable bonds is 8. The van der Waals surface area contributed by atoms with E-state index in [0.29, 0.717) is 17.6 Å². The lowest BCUT2D eigenvalue weighted by molar-refractivity contribution is 0.0342. The Balaban J connectivity index is 1.38. The van der Waals surface area contributed by atoms with Gasteiger partial charge < -0.3 is 19.5 Å².